The number of hydrogen-bond acceptors (Lipinski definition) is 2. The molecule has 0 fully saturated rings. The van der Waals surface area contributed by atoms with Crippen molar-refractivity contribution in [3.63, 3.8) is 0 Å². The van der Waals surface area contributed by atoms with Crippen molar-refractivity contribution in [1.82, 2.24) is 10.2 Å². The van der Waals surface area contributed by atoms with Gasteiger partial charge in [-0.1, -0.05) is 11.6 Å². The number of hydrogen-bond donors (Lipinski definition) is 2. The molecule has 0 aliphatic rings. The van der Waals surface area contributed by atoms with Crippen LogP contribution in [0.1, 0.15) is 21.7 Å². The SMILES string of the molecule is Cc1n[nH]c(C)c1C(=O)Nc1cc(F)ccc1Cl. The first-order valence-corrected chi connectivity index (χ1v) is 5.65. The van der Waals surface area contributed by atoms with E-state index in [4.69, 9.17) is 11.6 Å². The number of carbonyl (C=O) groups excluding carboxylic acids is 1. The molecular formula is C12H11ClFN3O. The van der Waals surface area contributed by atoms with Crippen LogP contribution in [0.4, 0.5) is 10.1 Å². The molecule has 0 saturated carbocycles. The fourth-order valence-electron chi connectivity index (χ4n) is 1.66. The van der Waals surface area contributed by atoms with Gasteiger partial charge in [0.15, 0.2) is 0 Å². The fraction of sp³-hybridized carbons (Fsp3) is 0.167. The zero-order chi connectivity index (χ0) is 13.3. The summed E-state index contributed by atoms with van der Waals surface area (Å²) in [5.41, 5.74) is 1.91. The Morgan fingerprint density at radius 3 is 2.78 bits per heavy atom. The molecule has 0 radical (unpaired) electrons. The maximum Gasteiger partial charge on any atom is 0.259 e. The average Bonchev–Trinajstić information content (AvgIpc) is 2.63. The average molecular weight is 268 g/mol. The van der Waals surface area contributed by atoms with Gasteiger partial charge >= 0.3 is 0 Å². The van der Waals surface area contributed by atoms with Crippen LogP contribution >= 0.6 is 11.6 Å². The third-order valence-corrected chi connectivity index (χ3v) is 2.86. The van der Waals surface area contributed by atoms with Crippen molar-refractivity contribution in [1.29, 1.82) is 0 Å². The minimum Gasteiger partial charge on any atom is -0.320 e. The van der Waals surface area contributed by atoms with Crippen LogP contribution in [0, 0.1) is 19.7 Å². The molecule has 0 aliphatic carbocycles. The third-order valence-electron chi connectivity index (χ3n) is 2.53. The molecule has 6 heteroatoms. The van der Waals surface area contributed by atoms with Crippen molar-refractivity contribution in [2.75, 3.05) is 5.32 Å². The van der Waals surface area contributed by atoms with Crippen LogP contribution in [-0.2, 0) is 0 Å². The lowest BCUT2D eigenvalue weighted by Gasteiger charge is -2.07. The molecule has 1 aromatic carbocycles. The molecule has 2 rings (SSSR count). The number of aryl methyl sites for hydroxylation is 2. The summed E-state index contributed by atoms with van der Waals surface area (Å²) in [4.78, 5) is 12.0. The molecule has 2 N–H and O–H groups in total. The Balaban J connectivity index is 2.30. The molecule has 0 atom stereocenters. The quantitative estimate of drug-likeness (QED) is 0.878. The van der Waals surface area contributed by atoms with Crippen molar-refractivity contribution >= 4 is 23.2 Å². The van der Waals surface area contributed by atoms with Gasteiger partial charge in [-0.15, -0.1) is 0 Å². The van der Waals surface area contributed by atoms with Gasteiger partial charge in [-0.2, -0.15) is 5.10 Å². The van der Waals surface area contributed by atoms with E-state index in [0.717, 1.165) is 0 Å². The highest BCUT2D eigenvalue weighted by molar-refractivity contribution is 6.33. The molecule has 0 unspecified atom stereocenters. The van der Waals surface area contributed by atoms with Gasteiger partial charge in [-0.3, -0.25) is 9.89 Å². The van der Waals surface area contributed by atoms with Crippen molar-refractivity contribution in [3.05, 3.63) is 46.0 Å². The van der Waals surface area contributed by atoms with Crippen LogP contribution in [0.5, 0.6) is 0 Å². The molecule has 94 valence electrons. The maximum atomic E-state index is 13.1. The van der Waals surface area contributed by atoms with E-state index < -0.39 is 5.82 Å². The second-order valence-electron chi connectivity index (χ2n) is 3.89. The highest BCUT2D eigenvalue weighted by Crippen LogP contribution is 2.23. The number of aromatic nitrogens is 2. The number of halogens is 2. The van der Waals surface area contributed by atoms with Crippen LogP contribution in [0.15, 0.2) is 18.2 Å². The Bertz CT molecular complexity index is 590. The van der Waals surface area contributed by atoms with Gasteiger partial charge in [0.05, 0.1) is 22.0 Å². The Morgan fingerprint density at radius 2 is 2.17 bits per heavy atom. The molecule has 0 saturated heterocycles. The minimum absolute atomic E-state index is 0.238. The predicted molar refractivity (Wildman–Crippen MR) is 67.4 cm³/mol. The van der Waals surface area contributed by atoms with Gasteiger partial charge in [0.2, 0.25) is 0 Å². The Morgan fingerprint density at radius 1 is 1.44 bits per heavy atom. The largest absolute Gasteiger partial charge is 0.320 e. The third kappa shape index (κ3) is 2.36. The van der Waals surface area contributed by atoms with Crippen LogP contribution in [-0.4, -0.2) is 16.1 Å². The number of nitrogens with zero attached hydrogens (tertiary/aromatic N) is 1. The molecule has 1 heterocycles. The smallest absolute Gasteiger partial charge is 0.259 e. The number of nitrogens with one attached hydrogen (secondary N) is 2. The number of amides is 1. The number of H-pyrrole nitrogens is 1. The maximum absolute atomic E-state index is 13.1. The monoisotopic (exact) mass is 267 g/mol. The van der Waals surface area contributed by atoms with E-state index in [1.807, 2.05) is 0 Å². The van der Waals surface area contributed by atoms with Gasteiger partial charge < -0.3 is 5.32 Å². The van der Waals surface area contributed by atoms with E-state index in [1.54, 1.807) is 13.8 Å². The van der Waals surface area contributed by atoms with Crippen molar-refractivity contribution < 1.29 is 9.18 Å². The molecule has 0 bridgehead atoms. The topological polar surface area (TPSA) is 57.8 Å². The van der Waals surface area contributed by atoms with E-state index in [0.29, 0.717) is 17.0 Å². The number of aromatic amines is 1. The minimum atomic E-state index is -0.463. The first kappa shape index (κ1) is 12.6. The summed E-state index contributed by atoms with van der Waals surface area (Å²) < 4.78 is 13.1. The lowest BCUT2D eigenvalue weighted by Crippen LogP contribution is -2.14. The zero-order valence-electron chi connectivity index (χ0n) is 9.84. The number of carbonyl (C=O) groups is 1. The normalized spacial score (nSPS) is 10.4. The molecule has 2 aromatic rings. The summed E-state index contributed by atoms with van der Waals surface area (Å²) in [5, 5.41) is 9.48. The first-order chi connectivity index (χ1) is 8.49. The second-order valence-corrected chi connectivity index (χ2v) is 4.29. The van der Waals surface area contributed by atoms with E-state index in [9.17, 15) is 9.18 Å². The summed E-state index contributed by atoms with van der Waals surface area (Å²) in [6, 6.07) is 3.79. The molecule has 1 amide bonds. The summed E-state index contributed by atoms with van der Waals surface area (Å²) in [7, 11) is 0. The number of benzene rings is 1. The summed E-state index contributed by atoms with van der Waals surface area (Å²) >= 11 is 5.88. The lowest BCUT2D eigenvalue weighted by molar-refractivity contribution is 0.102. The van der Waals surface area contributed by atoms with Gasteiger partial charge in [0.1, 0.15) is 5.82 Å². The highest BCUT2D eigenvalue weighted by Gasteiger charge is 2.16. The zero-order valence-corrected chi connectivity index (χ0v) is 10.6. The summed E-state index contributed by atoms with van der Waals surface area (Å²) in [6.45, 7) is 3.45. The Kier molecular flexibility index (Phi) is 3.34. The number of rotatable bonds is 2. The molecular weight excluding hydrogens is 257 g/mol. The van der Waals surface area contributed by atoms with Gasteiger partial charge in [0, 0.05) is 5.69 Å². The van der Waals surface area contributed by atoms with Gasteiger partial charge in [-0.05, 0) is 32.0 Å². The Labute approximate surface area is 108 Å². The van der Waals surface area contributed by atoms with Gasteiger partial charge in [-0.25, -0.2) is 4.39 Å². The van der Waals surface area contributed by atoms with E-state index in [-0.39, 0.29) is 16.6 Å². The summed E-state index contributed by atoms with van der Waals surface area (Å²) in [6.07, 6.45) is 0. The van der Waals surface area contributed by atoms with Gasteiger partial charge in [0.25, 0.3) is 5.91 Å². The second kappa shape index (κ2) is 4.78. The van der Waals surface area contributed by atoms with E-state index in [1.165, 1.54) is 18.2 Å². The van der Waals surface area contributed by atoms with Crippen molar-refractivity contribution in [2.45, 2.75) is 13.8 Å². The van der Waals surface area contributed by atoms with Crippen molar-refractivity contribution in [3.8, 4) is 0 Å². The van der Waals surface area contributed by atoms with E-state index in [2.05, 4.69) is 15.5 Å². The standard InChI is InChI=1S/C12H11ClFN3O/c1-6-11(7(2)17-16-6)12(18)15-10-5-8(14)3-4-9(10)13/h3-5H,1-2H3,(H,15,18)(H,16,17). The molecule has 1 aromatic heterocycles. The Hall–Kier alpha value is -1.88. The molecule has 0 aliphatic heterocycles. The van der Waals surface area contributed by atoms with Crippen LogP contribution in [0.2, 0.25) is 5.02 Å². The van der Waals surface area contributed by atoms with Crippen LogP contribution in [0.3, 0.4) is 0 Å². The van der Waals surface area contributed by atoms with Crippen molar-refractivity contribution in [2.24, 2.45) is 0 Å². The molecule has 4 nitrogen and oxygen atoms in total. The first-order valence-electron chi connectivity index (χ1n) is 5.27. The van der Waals surface area contributed by atoms with Crippen LogP contribution < -0.4 is 5.32 Å². The summed E-state index contributed by atoms with van der Waals surface area (Å²) in [5.74, 6) is -0.832. The number of anilines is 1. The van der Waals surface area contributed by atoms with Crippen LogP contribution in [0.25, 0.3) is 0 Å². The lowest BCUT2D eigenvalue weighted by atomic mass is 10.2. The highest BCUT2D eigenvalue weighted by atomic mass is 35.5. The van der Waals surface area contributed by atoms with E-state index >= 15 is 0 Å². The fourth-order valence-corrected chi connectivity index (χ4v) is 1.83. The molecule has 18 heavy (non-hydrogen) atoms. The predicted octanol–water partition coefficient (Wildman–Crippen LogP) is 3.07. The molecule has 0 spiro atoms.